The summed E-state index contributed by atoms with van der Waals surface area (Å²) in [5.74, 6) is -0.698. The molecule has 0 spiro atoms. The zero-order valence-corrected chi connectivity index (χ0v) is 19.5. The number of fused-ring (bicyclic) bond motifs is 1. The minimum absolute atomic E-state index is 0.0602. The molecule has 2 atom stereocenters. The summed E-state index contributed by atoms with van der Waals surface area (Å²) in [6.07, 6.45) is 1.37. The van der Waals surface area contributed by atoms with Crippen LogP contribution in [0.5, 0.6) is 5.75 Å². The van der Waals surface area contributed by atoms with Crippen molar-refractivity contribution in [3.8, 4) is 5.75 Å². The molecule has 0 aromatic heterocycles. The van der Waals surface area contributed by atoms with Crippen molar-refractivity contribution in [2.45, 2.75) is 31.9 Å². The number of aliphatic hydroxyl groups excluding tert-OH is 1. The average molecular weight is 474 g/mol. The van der Waals surface area contributed by atoms with Gasteiger partial charge in [-0.05, 0) is 60.4 Å². The Bertz CT molecular complexity index is 1280. The number of aliphatic hydroxyl groups is 1. The number of hydrogen-bond acceptors (Lipinski definition) is 4. The lowest BCUT2D eigenvalue weighted by Crippen LogP contribution is -2.31. The largest absolute Gasteiger partial charge is 0.507 e. The van der Waals surface area contributed by atoms with E-state index >= 15 is 0 Å². The second kappa shape index (κ2) is 8.99. The minimum atomic E-state index is -0.704. The number of likely N-dealkylation sites (tertiary alicyclic amines) is 1. The first-order chi connectivity index (χ1) is 16.4. The quantitative estimate of drug-likeness (QED) is 0.309. The maximum Gasteiger partial charge on any atom is 0.295 e. The molecule has 3 aromatic carbocycles. The van der Waals surface area contributed by atoms with E-state index in [4.69, 9.17) is 16.3 Å². The fourth-order valence-corrected chi connectivity index (χ4v) is 4.85. The molecule has 2 aliphatic heterocycles. The molecule has 34 heavy (non-hydrogen) atoms. The standard InChI is InChI=1S/C28H24ClNO4/c1-17-15-21-16-20(9-12-23(21)34-17)26(31)24-25(19-7-10-22(29)11-8-19)30(28(33)27(24)32)14-13-18-5-3-2-4-6-18/h2-12,16-17,25,31H,13-15H2,1H3/t17-,25-/m0/s1. The molecular weight excluding hydrogens is 450 g/mol. The van der Waals surface area contributed by atoms with Crippen molar-refractivity contribution in [2.24, 2.45) is 0 Å². The van der Waals surface area contributed by atoms with Crippen LogP contribution in [0.1, 0.15) is 35.2 Å². The molecule has 1 fully saturated rings. The van der Waals surface area contributed by atoms with Crippen LogP contribution in [-0.4, -0.2) is 34.3 Å². The van der Waals surface area contributed by atoms with Crippen LogP contribution in [0.4, 0.5) is 0 Å². The number of benzene rings is 3. The predicted molar refractivity (Wildman–Crippen MR) is 131 cm³/mol. The van der Waals surface area contributed by atoms with Crippen LogP contribution >= 0.6 is 11.6 Å². The van der Waals surface area contributed by atoms with Crippen LogP contribution in [0.25, 0.3) is 5.76 Å². The van der Waals surface area contributed by atoms with Crippen molar-refractivity contribution < 1.29 is 19.4 Å². The van der Waals surface area contributed by atoms with Gasteiger partial charge in [-0.1, -0.05) is 54.1 Å². The summed E-state index contributed by atoms with van der Waals surface area (Å²) in [5.41, 5.74) is 3.34. The molecular formula is C28H24ClNO4. The Labute approximate surface area is 203 Å². The highest BCUT2D eigenvalue weighted by atomic mass is 35.5. The summed E-state index contributed by atoms with van der Waals surface area (Å²) >= 11 is 6.09. The maximum absolute atomic E-state index is 13.2. The number of ether oxygens (including phenoxy) is 1. The average Bonchev–Trinajstić information content (AvgIpc) is 3.34. The van der Waals surface area contributed by atoms with Crippen LogP contribution < -0.4 is 4.74 Å². The molecule has 1 N–H and O–H groups in total. The summed E-state index contributed by atoms with van der Waals surface area (Å²) in [5, 5.41) is 11.9. The van der Waals surface area contributed by atoms with Gasteiger partial charge in [0.05, 0.1) is 11.6 Å². The van der Waals surface area contributed by atoms with E-state index in [9.17, 15) is 14.7 Å². The first-order valence-corrected chi connectivity index (χ1v) is 11.7. The van der Waals surface area contributed by atoms with Crippen LogP contribution in [0.3, 0.4) is 0 Å². The lowest BCUT2D eigenvalue weighted by atomic mass is 9.94. The van der Waals surface area contributed by atoms with E-state index in [1.807, 2.05) is 43.3 Å². The van der Waals surface area contributed by atoms with Gasteiger partial charge in [0.1, 0.15) is 17.6 Å². The summed E-state index contributed by atoms with van der Waals surface area (Å²) in [7, 11) is 0. The Morgan fingerprint density at radius 2 is 1.79 bits per heavy atom. The van der Waals surface area contributed by atoms with E-state index in [1.165, 1.54) is 0 Å². The summed E-state index contributed by atoms with van der Waals surface area (Å²) < 4.78 is 5.76. The van der Waals surface area contributed by atoms with Crippen molar-refractivity contribution in [2.75, 3.05) is 6.54 Å². The van der Waals surface area contributed by atoms with Crippen molar-refractivity contribution >= 4 is 29.1 Å². The second-order valence-electron chi connectivity index (χ2n) is 8.73. The Kier molecular flexibility index (Phi) is 5.88. The van der Waals surface area contributed by atoms with Gasteiger partial charge in [-0.25, -0.2) is 0 Å². The molecule has 0 aliphatic carbocycles. The Morgan fingerprint density at radius 3 is 2.53 bits per heavy atom. The molecule has 2 heterocycles. The zero-order chi connectivity index (χ0) is 23.8. The smallest absolute Gasteiger partial charge is 0.295 e. The molecule has 0 saturated carbocycles. The number of carbonyl (C=O) groups is 2. The molecule has 5 nitrogen and oxygen atoms in total. The lowest BCUT2D eigenvalue weighted by Gasteiger charge is -2.25. The van der Waals surface area contributed by atoms with Crippen LogP contribution in [-0.2, 0) is 22.4 Å². The third-order valence-electron chi connectivity index (χ3n) is 6.38. The first-order valence-electron chi connectivity index (χ1n) is 11.3. The molecule has 0 unspecified atom stereocenters. The summed E-state index contributed by atoms with van der Waals surface area (Å²) in [6, 6.07) is 21.5. The molecule has 5 rings (SSSR count). The molecule has 3 aromatic rings. The molecule has 0 bridgehead atoms. The van der Waals surface area contributed by atoms with E-state index in [0.717, 1.165) is 28.9 Å². The Hall–Kier alpha value is -3.57. The number of ketones is 1. The number of hydrogen-bond donors (Lipinski definition) is 1. The van der Waals surface area contributed by atoms with Gasteiger partial charge in [0, 0.05) is 23.6 Å². The number of rotatable bonds is 5. The van der Waals surface area contributed by atoms with Gasteiger partial charge >= 0.3 is 0 Å². The fourth-order valence-electron chi connectivity index (χ4n) is 4.72. The Morgan fingerprint density at radius 1 is 1.06 bits per heavy atom. The number of Topliss-reactive ketones (excluding diaryl/α,β-unsaturated/α-hetero) is 1. The van der Waals surface area contributed by atoms with Crippen molar-refractivity contribution in [3.63, 3.8) is 0 Å². The topological polar surface area (TPSA) is 66.8 Å². The highest BCUT2D eigenvalue weighted by Gasteiger charge is 2.45. The van der Waals surface area contributed by atoms with Gasteiger partial charge in [0.25, 0.3) is 11.7 Å². The third kappa shape index (κ3) is 4.08. The number of halogens is 1. The maximum atomic E-state index is 13.2. The summed E-state index contributed by atoms with van der Waals surface area (Å²) in [6.45, 7) is 2.33. The molecule has 1 saturated heterocycles. The van der Waals surface area contributed by atoms with Crippen molar-refractivity contribution in [3.05, 3.63) is 106 Å². The van der Waals surface area contributed by atoms with Crippen LogP contribution in [0.2, 0.25) is 5.02 Å². The molecule has 1 amide bonds. The van der Waals surface area contributed by atoms with E-state index in [2.05, 4.69) is 0 Å². The number of amides is 1. The van der Waals surface area contributed by atoms with Crippen molar-refractivity contribution in [1.29, 1.82) is 0 Å². The minimum Gasteiger partial charge on any atom is -0.507 e. The normalized spacial score (nSPS) is 20.9. The highest BCUT2D eigenvalue weighted by Crippen LogP contribution is 2.41. The van der Waals surface area contributed by atoms with Crippen molar-refractivity contribution in [1.82, 2.24) is 4.90 Å². The van der Waals surface area contributed by atoms with E-state index < -0.39 is 17.7 Å². The van der Waals surface area contributed by atoms with E-state index in [-0.39, 0.29) is 17.4 Å². The van der Waals surface area contributed by atoms with Crippen LogP contribution in [0, 0.1) is 0 Å². The third-order valence-corrected chi connectivity index (χ3v) is 6.63. The number of carbonyl (C=O) groups excluding carboxylic acids is 2. The summed E-state index contributed by atoms with van der Waals surface area (Å²) in [4.78, 5) is 27.9. The molecule has 2 aliphatic rings. The monoisotopic (exact) mass is 473 g/mol. The zero-order valence-electron chi connectivity index (χ0n) is 18.7. The molecule has 6 heteroatoms. The lowest BCUT2D eigenvalue weighted by molar-refractivity contribution is -0.139. The molecule has 0 radical (unpaired) electrons. The Balaban J connectivity index is 1.57. The highest BCUT2D eigenvalue weighted by molar-refractivity contribution is 6.46. The molecule has 172 valence electrons. The fraction of sp³-hybridized carbons (Fsp3) is 0.214. The van der Waals surface area contributed by atoms with E-state index in [0.29, 0.717) is 23.6 Å². The van der Waals surface area contributed by atoms with Gasteiger partial charge in [0.2, 0.25) is 0 Å². The first kappa shape index (κ1) is 22.2. The predicted octanol–water partition coefficient (Wildman–Crippen LogP) is 5.33. The number of nitrogens with zero attached hydrogens (tertiary/aromatic N) is 1. The van der Waals surface area contributed by atoms with Gasteiger partial charge in [-0.3, -0.25) is 9.59 Å². The van der Waals surface area contributed by atoms with Gasteiger partial charge in [-0.15, -0.1) is 0 Å². The van der Waals surface area contributed by atoms with Gasteiger partial charge in [-0.2, -0.15) is 0 Å². The van der Waals surface area contributed by atoms with Gasteiger partial charge in [0.15, 0.2) is 0 Å². The SMILES string of the molecule is C[C@H]1Cc2cc(C(O)=C3C(=O)C(=O)N(CCc4ccccc4)[C@H]3c3ccc(Cl)cc3)ccc2O1. The van der Waals surface area contributed by atoms with E-state index in [1.54, 1.807) is 41.3 Å². The second-order valence-corrected chi connectivity index (χ2v) is 9.17. The van der Waals surface area contributed by atoms with Gasteiger partial charge < -0.3 is 14.7 Å². The van der Waals surface area contributed by atoms with Crippen LogP contribution in [0.15, 0.2) is 78.4 Å².